The van der Waals surface area contributed by atoms with Crippen LogP contribution in [0.5, 0.6) is 0 Å². The number of hydrogen-bond acceptors (Lipinski definition) is 2. The molecule has 2 N–H and O–H groups in total. The molecule has 0 bridgehead atoms. The van der Waals surface area contributed by atoms with Crippen LogP contribution in [0.3, 0.4) is 0 Å². The van der Waals surface area contributed by atoms with Crippen LogP contribution in [0.1, 0.15) is 17.5 Å². The summed E-state index contributed by atoms with van der Waals surface area (Å²) in [5.74, 6) is 0.121. The second kappa shape index (κ2) is 6.12. The number of benzene rings is 2. The van der Waals surface area contributed by atoms with E-state index in [1.165, 1.54) is 0 Å². The summed E-state index contributed by atoms with van der Waals surface area (Å²) < 4.78 is 0. The molecule has 5 nitrogen and oxygen atoms in total. The van der Waals surface area contributed by atoms with Gasteiger partial charge >= 0.3 is 6.03 Å². The Hall–Kier alpha value is -2.82. The first-order valence-electron chi connectivity index (χ1n) is 7.57. The highest BCUT2D eigenvalue weighted by atomic mass is 16.2. The second-order valence-electron chi connectivity index (χ2n) is 5.74. The van der Waals surface area contributed by atoms with E-state index in [4.69, 9.17) is 0 Å². The first-order valence-corrected chi connectivity index (χ1v) is 7.57. The minimum atomic E-state index is -0.283. The molecular weight excluding hydrogens is 290 g/mol. The standard InChI is InChI=1S/C18H19N3O2/c1-12-3-6-14(7-4-12)19-18(23)20-15-8-9-16-13(11-15)5-10-17(22)21(16)2/h3-4,6-9,11H,5,10H2,1-2H3,(H2,19,20,23). The van der Waals surface area contributed by atoms with Crippen LogP contribution >= 0.6 is 0 Å². The Bertz CT molecular complexity index is 753. The van der Waals surface area contributed by atoms with Gasteiger partial charge in [-0.1, -0.05) is 17.7 Å². The van der Waals surface area contributed by atoms with Gasteiger partial charge in [0.1, 0.15) is 0 Å². The van der Waals surface area contributed by atoms with Crippen molar-refractivity contribution in [2.75, 3.05) is 22.6 Å². The predicted molar refractivity (Wildman–Crippen MR) is 92.0 cm³/mol. The summed E-state index contributed by atoms with van der Waals surface area (Å²) in [5, 5.41) is 5.63. The second-order valence-corrected chi connectivity index (χ2v) is 5.74. The molecule has 0 aromatic heterocycles. The van der Waals surface area contributed by atoms with Crippen LogP contribution in [0.25, 0.3) is 0 Å². The fraction of sp³-hybridized carbons (Fsp3) is 0.222. The number of carbonyl (C=O) groups is 2. The van der Waals surface area contributed by atoms with E-state index in [0.29, 0.717) is 12.8 Å². The van der Waals surface area contributed by atoms with E-state index in [0.717, 1.165) is 28.2 Å². The number of nitrogens with zero attached hydrogens (tertiary/aromatic N) is 1. The quantitative estimate of drug-likeness (QED) is 0.891. The Morgan fingerprint density at radius 1 is 1.00 bits per heavy atom. The van der Waals surface area contributed by atoms with Crippen molar-refractivity contribution in [1.29, 1.82) is 0 Å². The van der Waals surface area contributed by atoms with E-state index in [1.807, 2.05) is 49.4 Å². The largest absolute Gasteiger partial charge is 0.323 e. The van der Waals surface area contributed by atoms with E-state index >= 15 is 0 Å². The van der Waals surface area contributed by atoms with Gasteiger partial charge in [0.2, 0.25) is 5.91 Å². The lowest BCUT2D eigenvalue weighted by molar-refractivity contribution is -0.118. The molecule has 3 rings (SSSR count). The lowest BCUT2D eigenvalue weighted by Gasteiger charge is -2.26. The van der Waals surface area contributed by atoms with Crippen LogP contribution in [0, 0.1) is 6.92 Å². The summed E-state index contributed by atoms with van der Waals surface area (Å²) in [6, 6.07) is 12.9. The van der Waals surface area contributed by atoms with Crippen LogP contribution in [-0.2, 0) is 11.2 Å². The van der Waals surface area contributed by atoms with Crippen LogP contribution in [0.4, 0.5) is 21.9 Å². The zero-order chi connectivity index (χ0) is 16.4. The molecule has 0 saturated carbocycles. The van der Waals surface area contributed by atoms with Crippen molar-refractivity contribution in [3.05, 3.63) is 53.6 Å². The number of rotatable bonds is 2. The van der Waals surface area contributed by atoms with Crippen LogP contribution < -0.4 is 15.5 Å². The highest BCUT2D eigenvalue weighted by Gasteiger charge is 2.20. The molecule has 2 aromatic carbocycles. The zero-order valence-electron chi connectivity index (χ0n) is 13.2. The lowest BCUT2D eigenvalue weighted by atomic mass is 10.0. The molecule has 0 spiro atoms. The third-order valence-electron chi connectivity index (χ3n) is 3.99. The van der Waals surface area contributed by atoms with Crippen LogP contribution in [0.2, 0.25) is 0 Å². The van der Waals surface area contributed by atoms with Gasteiger partial charge in [-0.25, -0.2) is 4.79 Å². The summed E-state index contributed by atoms with van der Waals surface area (Å²) in [4.78, 5) is 25.4. The minimum absolute atomic E-state index is 0.121. The predicted octanol–water partition coefficient (Wildman–Crippen LogP) is 3.55. The van der Waals surface area contributed by atoms with Crippen molar-refractivity contribution in [2.45, 2.75) is 19.8 Å². The maximum atomic E-state index is 12.1. The molecule has 0 unspecified atom stereocenters. The number of anilines is 3. The maximum absolute atomic E-state index is 12.1. The molecule has 0 aliphatic carbocycles. The van der Waals surface area contributed by atoms with Crippen molar-refractivity contribution >= 4 is 29.0 Å². The Morgan fingerprint density at radius 3 is 2.39 bits per heavy atom. The topological polar surface area (TPSA) is 61.4 Å². The van der Waals surface area contributed by atoms with Crippen molar-refractivity contribution in [3.8, 4) is 0 Å². The summed E-state index contributed by atoms with van der Waals surface area (Å²) in [6.07, 6.45) is 1.20. The molecule has 118 valence electrons. The SMILES string of the molecule is Cc1ccc(NC(=O)Nc2ccc3c(c2)CCC(=O)N3C)cc1. The molecule has 2 aromatic rings. The lowest BCUT2D eigenvalue weighted by Crippen LogP contribution is -2.31. The smallest absolute Gasteiger partial charge is 0.315 e. The molecule has 0 saturated heterocycles. The molecule has 5 heteroatoms. The number of urea groups is 1. The van der Waals surface area contributed by atoms with Gasteiger partial charge in [0.15, 0.2) is 0 Å². The van der Waals surface area contributed by atoms with Gasteiger partial charge in [0.25, 0.3) is 0 Å². The van der Waals surface area contributed by atoms with Gasteiger partial charge in [-0.2, -0.15) is 0 Å². The Morgan fingerprint density at radius 2 is 1.65 bits per heavy atom. The average molecular weight is 309 g/mol. The number of nitrogens with one attached hydrogen (secondary N) is 2. The molecule has 1 aliphatic rings. The normalized spacial score (nSPS) is 13.5. The minimum Gasteiger partial charge on any atom is -0.315 e. The highest BCUT2D eigenvalue weighted by Crippen LogP contribution is 2.29. The molecule has 0 atom stereocenters. The Labute approximate surface area is 135 Å². The van der Waals surface area contributed by atoms with Gasteiger partial charge in [-0.05, 0) is 49.2 Å². The molecular formula is C18H19N3O2. The van der Waals surface area contributed by atoms with Crippen LogP contribution in [-0.4, -0.2) is 19.0 Å². The zero-order valence-corrected chi connectivity index (χ0v) is 13.2. The molecule has 23 heavy (non-hydrogen) atoms. The van der Waals surface area contributed by atoms with Crippen molar-refractivity contribution < 1.29 is 9.59 Å². The van der Waals surface area contributed by atoms with Crippen molar-refractivity contribution in [1.82, 2.24) is 0 Å². The molecule has 3 amide bonds. The third-order valence-corrected chi connectivity index (χ3v) is 3.99. The Balaban J connectivity index is 1.69. The molecule has 1 heterocycles. The highest BCUT2D eigenvalue weighted by molar-refractivity contribution is 6.01. The molecule has 0 radical (unpaired) electrons. The summed E-state index contributed by atoms with van der Waals surface area (Å²) in [6.45, 7) is 2.00. The first kappa shape index (κ1) is 15.1. The van der Waals surface area contributed by atoms with Gasteiger partial charge in [0.05, 0.1) is 0 Å². The molecule has 1 aliphatic heterocycles. The maximum Gasteiger partial charge on any atom is 0.323 e. The van der Waals surface area contributed by atoms with Gasteiger partial charge in [0, 0.05) is 30.5 Å². The fourth-order valence-corrected chi connectivity index (χ4v) is 2.66. The van der Waals surface area contributed by atoms with Gasteiger partial charge < -0.3 is 15.5 Å². The summed E-state index contributed by atoms with van der Waals surface area (Å²) in [7, 11) is 1.78. The van der Waals surface area contributed by atoms with Crippen molar-refractivity contribution in [2.24, 2.45) is 0 Å². The first-order chi connectivity index (χ1) is 11.0. The fourth-order valence-electron chi connectivity index (χ4n) is 2.66. The number of hydrogen-bond donors (Lipinski definition) is 2. The number of carbonyl (C=O) groups excluding carboxylic acids is 2. The van der Waals surface area contributed by atoms with E-state index < -0.39 is 0 Å². The van der Waals surface area contributed by atoms with E-state index in [9.17, 15) is 9.59 Å². The van der Waals surface area contributed by atoms with E-state index in [-0.39, 0.29) is 11.9 Å². The third kappa shape index (κ3) is 3.34. The van der Waals surface area contributed by atoms with Crippen molar-refractivity contribution in [3.63, 3.8) is 0 Å². The summed E-state index contributed by atoms with van der Waals surface area (Å²) in [5.41, 5.74) is 4.59. The summed E-state index contributed by atoms with van der Waals surface area (Å²) >= 11 is 0. The van der Waals surface area contributed by atoms with Gasteiger partial charge in [-0.15, -0.1) is 0 Å². The monoisotopic (exact) mass is 309 g/mol. The number of fused-ring (bicyclic) bond motifs is 1. The Kier molecular flexibility index (Phi) is 4.02. The molecule has 0 fully saturated rings. The van der Waals surface area contributed by atoms with E-state index in [1.54, 1.807) is 11.9 Å². The number of aryl methyl sites for hydroxylation is 2. The van der Waals surface area contributed by atoms with E-state index in [2.05, 4.69) is 10.6 Å². The van der Waals surface area contributed by atoms with Gasteiger partial charge in [-0.3, -0.25) is 4.79 Å². The van der Waals surface area contributed by atoms with Crippen LogP contribution in [0.15, 0.2) is 42.5 Å². The average Bonchev–Trinajstić information content (AvgIpc) is 2.53. The number of amides is 3.